The normalized spacial score (nSPS) is 11.7. The number of nitrogens with one attached hydrogen (secondary N) is 2. The van der Waals surface area contributed by atoms with E-state index in [1.54, 1.807) is 30.6 Å². The number of H-pyrrole nitrogens is 1. The first-order valence-electron chi connectivity index (χ1n) is 6.23. The number of halogens is 1. The Balaban J connectivity index is 1.93. The van der Waals surface area contributed by atoms with Crippen LogP contribution in [0.25, 0.3) is 0 Å². The SMILES string of the molecule is Cc1ccc(S(=O)(=O)NCCCc2ncc[nH]2)c(Br)c1. The van der Waals surface area contributed by atoms with Gasteiger partial charge in [-0.05, 0) is 47.0 Å². The summed E-state index contributed by atoms with van der Waals surface area (Å²) in [5, 5.41) is 0. The molecule has 5 nitrogen and oxygen atoms in total. The summed E-state index contributed by atoms with van der Waals surface area (Å²) in [6, 6.07) is 5.17. The van der Waals surface area contributed by atoms with Crippen molar-refractivity contribution in [3.05, 3.63) is 46.5 Å². The molecule has 20 heavy (non-hydrogen) atoms. The standard InChI is InChI=1S/C13H16BrN3O2S/c1-10-4-5-12(11(14)9-10)20(18,19)17-6-2-3-13-15-7-8-16-13/h4-5,7-9,17H,2-3,6H2,1H3,(H,15,16). The van der Waals surface area contributed by atoms with E-state index in [-0.39, 0.29) is 4.90 Å². The molecule has 2 N–H and O–H groups in total. The Hall–Kier alpha value is -1.18. The van der Waals surface area contributed by atoms with Gasteiger partial charge in [0.15, 0.2) is 0 Å². The summed E-state index contributed by atoms with van der Waals surface area (Å²) in [5.41, 5.74) is 1.01. The molecule has 0 aliphatic heterocycles. The lowest BCUT2D eigenvalue weighted by Gasteiger charge is -2.08. The third kappa shape index (κ3) is 3.91. The lowest BCUT2D eigenvalue weighted by atomic mass is 10.2. The van der Waals surface area contributed by atoms with Gasteiger partial charge < -0.3 is 4.98 Å². The summed E-state index contributed by atoms with van der Waals surface area (Å²) in [6.45, 7) is 2.29. The van der Waals surface area contributed by atoms with E-state index in [0.29, 0.717) is 23.9 Å². The third-order valence-electron chi connectivity index (χ3n) is 2.81. The highest BCUT2D eigenvalue weighted by atomic mass is 79.9. The Morgan fingerprint density at radius 2 is 2.20 bits per heavy atom. The van der Waals surface area contributed by atoms with Crippen LogP contribution in [0.4, 0.5) is 0 Å². The first-order valence-corrected chi connectivity index (χ1v) is 8.51. The molecule has 1 heterocycles. The van der Waals surface area contributed by atoms with E-state index in [9.17, 15) is 8.42 Å². The number of nitrogens with zero attached hydrogens (tertiary/aromatic N) is 1. The van der Waals surface area contributed by atoms with Crippen LogP contribution in [0.15, 0.2) is 40.0 Å². The van der Waals surface area contributed by atoms with E-state index in [2.05, 4.69) is 30.6 Å². The zero-order valence-electron chi connectivity index (χ0n) is 11.1. The minimum Gasteiger partial charge on any atom is -0.349 e. The van der Waals surface area contributed by atoms with E-state index in [0.717, 1.165) is 11.4 Å². The molecule has 1 aromatic heterocycles. The maximum atomic E-state index is 12.2. The Morgan fingerprint density at radius 1 is 1.40 bits per heavy atom. The molecule has 0 aliphatic rings. The quantitative estimate of drug-likeness (QED) is 0.779. The van der Waals surface area contributed by atoms with Crippen molar-refractivity contribution in [1.82, 2.24) is 14.7 Å². The van der Waals surface area contributed by atoms with Gasteiger partial charge in [-0.2, -0.15) is 0 Å². The first-order chi connectivity index (χ1) is 9.49. The molecule has 0 aliphatic carbocycles. The molecule has 0 amide bonds. The van der Waals surface area contributed by atoms with Crippen molar-refractivity contribution in [2.45, 2.75) is 24.7 Å². The van der Waals surface area contributed by atoms with Crippen LogP contribution in [0.5, 0.6) is 0 Å². The van der Waals surface area contributed by atoms with E-state index in [1.807, 2.05) is 6.92 Å². The average molecular weight is 358 g/mol. The average Bonchev–Trinajstić information content (AvgIpc) is 2.87. The number of aromatic amines is 1. The summed E-state index contributed by atoms with van der Waals surface area (Å²) < 4.78 is 27.5. The van der Waals surface area contributed by atoms with Crippen molar-refractivity contribution in [1.29, 1.82) is 0 Å². The van der Waals surface area contributed by atoms with Crippen LogP contribution in [0.1, 0.15) is 17.8 Å². The fourth-order valence-corrected chi connectivity index (χ4v) is 4.06. The highest BCUT2D eigenvalue weighted by molar-refractivity contribution is 9.10. The second-order valence-electron chi connectivity index (χ2n) is 4.47. The number of aromatic nitrogens is 2. The molecule has 0 saturated carbocycles. The Labute approximate surface area is 127 Å². The van der Waals surface area contributed by atoms with Crippen LogP contribution in [-0.2, 0) is 16.4 Å². The summed E-state index contributed by atoms with van der Waals surface area (Å²) >= 11 is 3.29. The van der Waals surface area contributed by atoms with Crippen molar-refractivity contribution < 1.29 is 8.42 Å². The number of aryl methyl sites for hydroxylation is 2. The van der Waals surface area contributed by atoms with Crippen molar-refractivity contribution in [3.8, 4) is 0 Å². The summed E-state index contributed by atoms with van der Waals surface area (Å²) in [7, 11) is -3.48. The molecule has 2 rings (SSSR count). The van der Waals surface area contributed by atoms with Gasteiger partial charge in [-0.15, -0.1) is 0 Å². The Morgan fingerprint density at radius 3 is 2.85 bits per heavy atom. The summed E-state index contributed by atoms with van der Waals surface area (Å²) in [5.74, 6) is 0.862. The monoisotopic (exact) mass is 357 g/mol. The summed E-state index contributed by atoms with van der Waals surface area (Å²) in [6.07, 6.45) is 4.84. The van der Waals surface area contributed by atoms with Gasteiger partial charge >= 0.3 is 0 Å². The smallest absolute Gasteiger partial charge is 0.241 e. The molecule has 2 aromatic rings. The minimum absolute atomic E-state index is 0.265. The highest BCUT2D eigenvalue weighted by Gasteiger charge is 2.16. The third-order valence-corrected chi connectivity index (χ3v) is 5.25. The predicted molar refractivity (Wildman–Crippen MR) is 81.0 cm³/mol. The predicted octanol–water partition coefficient (Wildman–Crippen LogP) is 2.39. The molecule has 0 radical (unpaired) electrons. The lowest BCUT2D eigenvalue weighted by molar-refractivity contribution is 0.578. The van der Waals surface area contributed by atoms with Crippen LogP contribution in [-0.4, -0.2) is 24.9 Å². The maximum absolute atomic E-state index is 12.2. The molecule has 0 unspecified atom stereocenters. The Bertz CT molecular complexity index is 669. The molecule has 0 spiro atoms. The number of imidazole rings is 1. The molecule has 0 bridgehead atoms. The van der Waals surface area contributed by atoms with Gasteiger partial charge in [0.2, 0.25) is 10.0 Å². The van der Waals surface area contributed by atoms with Crippen LogP contribution in [0.3, 0.4) is 0 Å². The van der Waals surface area contributed by atoms with Gasteiger partial charge in [-0.1, -0.05) is 6.07 Å². The molecule has 108 valence electrons. The minimum atomic E-state index is -3.48. The van der Waals surface area contributed by atoms with Crippen LogP contribution in [0, 0.1) is 6.92 Å². The van der Waals surface area contributed by atoms with E-state index in [4.69, 9.17) is 0 Å². The number of hydrogen-bond donors (Lipinski definition) is 2. The molecule has 1 aromatic carbocycles. The van der Waals surface area contributed by atoms with Crippen LogP contribution < -0.4 is 4.72 Å². The van der Waals surface area contributed by atoms with Gasteiger partial charge in [-0.3, -0.25) is 0 Å². The largest absolute Gasteiger partial charge is 0.349 e. The molecule has 7 heteroatoms. The molecule has 0 saturated heterocycles. The molecular formula is C13H16BrN3O2S. The van der Waals surface area contributed by atoms with Gasteiger partial charge in [0.1, 0.15) is 5.82 Å². The van der Waals surface area contributed by atoms with Gasteiger partial charge in [0, 0.05) is 29.8 Å². The van der Waals surface area contributed by atoms with Crippen molar-refractivity contribution in [2.75, 3.05) is 6.54 Å². The topological polar surface area (TPSA) is 74.8 Å². The second-order valence-corrected chi connectivity index (χ2v) is 7.06. The maximum Gasteiger partial charge on any atom is 0.241 e. The fourth-order valence-electron chi connectivity index (χ4n) is 1.80. The fraction of sp³-hybridized carbons (Fsp3) is 0.308. The number of hydrogen-bond acceptors (Lipinski definition) is 3. The van der Waals surface area contributed by atoms with Crippen molar-refractivity contribution in [2.24, 2.45) is 0 Å². The zero-order valence-corrected chi connectivity index (χ0v) is 13.5. The van der Waals surface area contributed by atoms with Crippen LogP contribution in [0.2, 0.25) is 0 Å². The molecule has 0 atom stereocenters. The van der Waals surface area contributed by atoms with Gasteiger partial charge in [0.05, 0.1) is 4.90 Å². The van der Waals surface area contributed by atoms with Crippen LogP contribution >= 0.6 is 15.9 Å². The van der Waals surface area contributed by atoms with Crippen molar-refractivity contribution in [3.63, 3.8) is 0 Å². The highest BCUT2D eigenvalue weighted by Crippen LogP contribution is 2.22. The van der Waals surface area contributed by atoms with E-state index >= 15 is 0 Å². The number of sulfonamides is 1. The molecule has 0 fully saturated rings. The molecular weight excluding hydrogens is 342 g/mol. The number of rotatable bonds is 6. The summed E-state index contributed by atoms with van der Waals surface area (Å²) in [4.78, 5) is 7.34. The van der Waals surface area contributed by atoms with Crippen molar-refractivity contribution >= 4 is 26.0 Å². The van der Waals surface area contributed by atoms with Gasteiger partial charge in [-0.25, -0.2) is 18.1 Å². The zero-order chi connectivity index (χ0) is 14.6. The van der Waals surface area contributed by atoms with Gasteiger partial charge in [0.25, 0.3) is 0 Å². The van der Waals surface area contributed by atoms with E-state index < -0.39 is 10.0 Å². The van der Waals surface area contributed by atoms with E-state index in [1.165, 1.54) is 0 Å². The second kappa shape index (κ2) is 6.51. The number of benzene rings is 1. The first kappa shape index (κ1) is 15.2. The lowest BCUT2D eigenvalue weighted by Crippen LogP contribution is -2.25. The Kier molecular flexibility index (Phi) is 4.95.